The van der Waals surface area contributed by atoms with Crippen molar-refractivity contribution in [2.75, 3.05) is 6.61 Å². The molecule has 0 bridgehead atoms. The van der Waals surface area contributed by atoms with E-state index in [-0.39, 0.29) is 5.75 Å². The van der Waals surface area contributed by atoms with Crippen LogP contribution in [0.5, 0.6) is 11.5 Å². The van der Waals surface area contributed by atoms with Crippen molar-refractivity contribution in [3.63, 3.8) is 0 Å². The van der Waals surface area contributed by atoms with E-state index in [1.165, 1.54) is 11.3 Å². The normalized spacial score (nSPS) is 10.6. The van der Waals surface area contributed by atoms with Crippen LogP contribution >= 0.6 is 11.3 Å². The molecule has 0 unspecified atom stereocenters. The first-order chi connectivity index (χ1) is 7.63. The Balaban J connectivity index is 2.71. The fraction of sp³-hybridized carbons (Fsp3) is 0.182. The second-order valence-electron chi connectivity index (χ2n) is 3.24. The van der Waals surface area contributed by atoms with Crippen LogP contribution in [0.3, 0.4) is 0 Å². The fourth-order valence-electron chi connectivity index (χ4n) is 1.51. The van der Waals surface area contributed by atoms with Gasteiger partial charge in [0.25, 0.3) is 5.91 Å². The summed E-state index contributed by atoms with van der Waals surface area (Å²) in [7, 11) is 0. The number of nitrogens with two attached hydrogens (primary N) is 1. The van der Waals surface area contributed by atoms with Crippen LogP contribution in [0.25, 0.3) is 10.1 Å². The highest BCUT2D eigenvalue weighted by molar-refractivity contribution is 7.21. The smallest absolute Gasteiger partial charge is 0.262 e. The van der Waals surface area contributed by atoms with Gasteiger partial charge in [-0.3, -0.25) is 4.79 Å². The summed E-state index contributed by atoms with van der Waals surface area (Å²) in [5.41, 5.74) is 5.28. The number of hydrogen-bond acceptors (Lipinski definition) is 4. The van der Waals surface area contributed by atoms with Crippen LogP contribution in [-0.4, -0.2) is 17.6 Å². The average molecular weight is 237 g/mol. The Labute approximate surface area is 96.3 Å². The highest BCUT2D eigenvalue weighted by atomic mass is 32.1. The molecule has 0 saturated carbocycles. The van der Waals surface area contributed by atoms with Crippen molar-refractivity contribution in [1.82, 2.24) is 0 Å². The van der Waals surface area contributed by atoms with Crippen molar-refractivity contribution in [1.29, 1.82) is 0 Å². The summed E-state index contributed by atoms with van der Waals surface area (Å²) in [6, 6.07) is 4.88. The quantitative estimate of drug-likeness (QED) is 0.858. The van der Waals surface area contributed by atoms with Crippen LogP contribution in [0, 0.1) is 0 Å². The first-order valence-electron chi connectivity index (χ1n) is 4.81. The summed E-state index contributed by atoms with van der Waals surface area (Å²) in [6.45, 7) is 2.28. The Morgan fingerprint density at radius 3 is 2.94 bits per heavy atom. The Hall–Kier alpha value is -1.75. The number of aromatic hydroxyl groups is 1. The maximum atomic E-state index is 11.2. The van der Waals surface area contributed by atoms with Gasteiger partial charge in [0.2, 0.25) is 0 Å². The summed E-state index contributed by atoms with van der Waals surface area (Å²) in [5, 5.41) is 10.1. The number of carbonyl (C=O) groups is 1. The van der Waals surface area contributed by atoms with Gasteiger partial charge in [0.05, 0.1) is 6.61 Å². The first kappa shape index (κ1) is 10.8. The number of ether oxygens (including phenoxy) is 1. The van der Waals surface area contributed by atoms with E-state index in [1.54, 1.807) is 18.2 Å². The summed E-state index contributed by atoms with van der Waals surface area (Å²) >= 11 is 1.27. The lowest BCUT2D eigenvalue weighted by Gasteiger charge is -2.03. The van der Waals surface area contributed by atoms with Crippen LogP contribution in [-0.2, 0) is 0 Å². The second kappa shape index (κ2) is 4.02. The lowest BCUT2D eigenvalue weighted by molar-refractivity contribution is 0.100. The molecule has 0 fully saturated rings. The molecule has 1 aromatic heterocycles. The molecular weight excluding hydrogens is 226 g/mol. The summed E-state index contributed by atoms with van der Waals surface area (Å²) in [6.07, 6.45) is 0. The number of amides is 1. The molecule has 0 saturated heterocycles. The molecule has 0 aliphatic rings. The van der Waals surface area contributed by atoms with Crippen LogP contribution in [0.1, 0.15) is 16.6 Å². The fourth-order valence-corrected chi connectivity index (χ4v) is 2.49. The molecule has 5 heteroatoms. The SMILES string of the molecule is CCOc1c(C(N)=O)sc2ccc(O)cc12. The van der Waals surface area contributed by atoms with Crippen molar-refractivity contribution in [2.24, 2.45) is 5.73 Å². The largest absolute Gasteiger partial charge is 0.508 e. The molecule has 16 heavy (non-hydrogen) atoms. The van der Waals surface area contributed by atoms with E-state index in [9.17, 15) is 9.90 Å². The second-order valence-corrected chi connectivity index (χ2v) is 4.29. The molecule has 0 radical (unpaired) electrons. The van der Waals surface area contributed by atoms with E-state index < -0.39 is 5.91 Å². The topological polar surface area (TPSA) is 72.5 Å². The monoisotopic (exact) mass is 237 g/mol. The van der Waals surface area contributed by atoms with Gasteiger partial charge in [-0.2, -0.15) is 0 Å². The van der Waals surface area contributed by atoms with E-state index in [1.807, 2.05) is 6.92 Å². The third kappa shape index (κ3) is 1.69. The average Bonchev–Trinajstić information content (AvgIpc) is 2.58. The van der Waals surface area contributed by atoms with Crippen LogP contribution in [0.4, 0.5) is 0 Å². The first-order valence-corrected chi connectivity index (χ1v) is 5.63. The molecule has 2 rings (SSSR count). The minimum atomic E-state index is -0.510. The van der Waals surface area contributed by atoms with Crippen LogP contribution in [0.2, 0.25) is 0 Å². The van der Waals surface area contributed by atoms with Gasteiger partial charge >= 0.3 is 0 Å². The Bertz CT molecular complexity index is 547. The Morgan fingerprint density at radius 1 is 1.56 bits per heavy atom. The minimum absolute atomic E-state index is 0.141. The van der Waals surface area contributed by atoms with Gasteiger partial charge in [-0.15, -0.1) is 11.3 Å². The number of carbonyl (C=O) groups excluding carboxylic acids is 1. The zero-order chi connectivity index (χ0) is 11.7. The number of benzene rings is 1. The highest BCUT2D eigenvalue weighted by Gasteiger charge is 2.17. The van der Waals surface area contributed by atoms with Gasteiger partial charge in [0, 0.05) is 10.1 Å². The molecule has 3 N–H and O–H groups in total. The molecule has 1 amide bonds. The predicted molar refractivity (Wildman–Crippen MR) is 63.2 cm³/mol. The number of rotatable bonds is 3. The van der Waals surface area contributed by atoms with Gasteiger partial charge < -0.3 is 15.6 Å². The number of fused-ring (bicyclic) bond motifs is 1. The lowest BCUT2D eigenvalue weighted by Crippen LogP contribution is -2.10. The summed E-state index contributed by atoms with van der Waals surface area (Å²) in [4.78, 5) is 11.6. The van der Waals surface area contributed by atoms with E-state index in [0.717, 1.165) is 10.1 Å². The molecule has 84 valence electrons. The molecule has 4 nitrogen and oxygen atoms in total. The zero-order valence-corrected chi connectivity index (χ0v) is 9.50. The van der Waals surface area contributed by atoms with E-state index in [4.69, 9.17) is 10.5 Å². The highest BCUT2D eigenvalue weighted by Crippen LogP contribution is 2.39. The molecule has 1 heterocycles. The molecule has 0 aliphatic carbocycles. The lowest BCUT2D eigenvalue weighted by atomic mass is 10.2. The van der Waals surface area contributed by atoms with Gasteiger partial charge in [0.1, 0.15) is 10.6 Å². The number of hydrogen-bond donors (Lipinski definition) is 2. The van der Waals surface area contributed by atoms with Crippen molar-refractivity contribution < 1.29 is 14.6 Å². The van der Waals surface area contributed by atoms with Crippen LogP contribution < -0.4 is 10.5 Å². The van der Waals surface area contributed by atoms with Gasteiger partial charge in [-0.1, -0.05) is 0 Å². The molecule has 1 aromatic carbocycles. The molecular formula is C11H11NO3S. The van der Waals surface area contributed by atoms with Crippen molar-refractivity contribution in [3.05, 3.63) is 23.1 Å². The van der Waals surface area contributed by atoms with Crippen LogP contribution in [0.15, 0.2) is 18.2 Å². The number of primary amides is 1. The van der Waals surface area contributed by atoms with Gasteiger partial charge in [0.15, 0.2) is 5.75 Å². The van der Waals surface area contributed by atoms with Crippen molar-refractivity contribution in [2.45, 2.75) is 6.92 Å². The maximum absolute atomic E-state index is 11.2. The summed E-state index contributed by atoms with van der Waals surface area (Å²) < 4.78 is 6.28. The maximum Gasteiger partial charge on any atom is 0.262 e. The van der Waals surface area contributed by atoms with E-state index in [2.05, 4.69) is 0 Å². The minimum Gasteiger partial charge on any atom is -0.508 e. The predicted octanol–water partition coefficient (Wildman–Crippen LogP) is 2.10. The number of thiophene rings is 1. The van der Waals surface area contributed by atoms with Gasteiger partial charge in [-0.05, 0) is 25.1 Å². The summed E-state index contributed by atoms with van der Waals surface area (Å²) in [5.74, 6) is 0.0947. The molecule has 2 aromatic rings. The van der Waals surface area contributed by atoms with Gasteiger partial charge in [-0.25, -0.2) is 0 Å². The Kier molecular flexibility index (Phi) is 2.70. The molecule has 0 atom stereocenters. The van der Waals surface area contributed by atoms with Crippen molar-refractivity contribution in [3.8, 4) is 11.5 Å². The zero-order valence-electron chi connectivity index (χ0n) is 8.69. The number of phenols is 1. The molecule has 0 aliphatic heterocycles. The number of phenolic OH excluding ortho intramolecular Hbond substituents is 1. The van der Waals surface area contributed by atoms with Crippen molar-refractivity contribution >= 4 is 27.3 Å². The standard InChI is InChI=1S/C11H11NO3S/c1-2-15-9-7-5-6(13)3-4-8(7)16-10(9)11(12)14/h3-5,13H,2H2,1H3,(H2,12,14). The van der Waals surface area contributed by atoms with E-state index in [0.29, 0.717) is 17.2 Å². The third-order valence-electron chi connectivity index (χ3n) is 2.14. The molecule has 0 spiro atoms. The third-order valence-corrected chi connectivity index (χ3v) is 3.31. The van der Waals surface area contributed by atoms with E-state index >= 15 is 0 Å². The Morgan fingerprint density at radius 2 is 2.31 bits per heavy atom.